The Morgan fingerprint density at radius 3 is 1.11 bits per heavy atom. The van der Waals surface area contributed by atoms with Crippen molar-refractivity contribution in [3.8, 4) is 0 Å². The van der Waals surface area contributed by atoms with E-state index < -0.39 is 18.2 Å². The van der Waals surface area contributed by atoms with Crippen LogP contribution in [0.5, 0.6) is 0 Å². The van der Waals surface area contributed by atoms with Crippen LogP contribution in [0.2, 0.25) is 0 Å². The van der Waals surface area contributed by atoms with Gasteiger partial charge in [-0.1, -0.05) is 270 Å². The lowest BCUT2D eigenvalue weighted by Crippen LogP contribution is -2.46. The second kappa shape index (κ2) is 52.6. The maximum atomic E-state index is 13.2. The summed E-state index contributed by atoms with van der Waals surface area (Å²) < 4.78 is 5.96. The van der Waals surface area contributed by atoms with Crippen molar-refractivity contribution in [2.75, 3.05) is 6.61 Å². The fourth-order valence-electron chi connectivity index (χ4n) is 9.19. The molecule has 0 heterocycles. The number of amides is 1. The van der Waals surface area contributed by atoms with Gasteiger partial charge in [0.25, 0.3) is 0 Å². The Kier molecular flexibility index (Phi) is 51.4. The first kappa shape index (κ1) is 62.6. The highest BCUT2D eigenvalue weighted by Crippen LogP contribution is 2.19. The summed E-state index contributed by atoms with van der Waals surface area (Å²) in [7, 11) is 0. The molecule has 64 heavy (non-hydrogen) atoms. The first-order chi connectivity index (χ1) is 31.5. The molecule has 0 rings (SSSR count). The van der Waals surface area contributed by atoms with Gasteiger partial charge >= 0.3 is 5.97 Å². The Hall–Kier alpha value is -1.40. The number of unbranched alkanes of at least 4 members (excludes halogenated alkanes) is 39. The minimum Gasteiger partial charge on any atom is -0.462 e. The monoisotopic (exact) mass is 904 g/mol. The van der Waals surface area contributed by atoms with Crippen LogP contribution in [0.15, 0.2) is 12.2 Å². The fraction of sp³-hybridized carbons (Fsp3) is 0.931. The van der Waals surface area contributed by atoms with Crippen LogP contribution in [0, 0.1) is 0 Å². The molecule has 0 radical (unpaired) electrons. The van der Waals surface area contributed by atoms with E-state index in [1.807, 2.05) is 0 Å². The molecule has 0 aliphatic heterocycles. The van der Waals surface area contributed by atoms with Crippen LogP contribution in [0.1, 0.15) is 323 Å². The largest absolute Gasteiger partial charge is 0.462 e. The Morgan fingerprint density at radius 2 is 0.750 bits per heavy atom. The van der Waals surface area contributed by atoms with Crippen LogP contribution >= 0.6 is 0 Å². The average molecular weight is 905 g/mol. The number of carbonyl (C=O) groups is 2. The number of allylic oxidation sites excluding steroid dienone is 2. The summed E-state index contributed by atoms with van der Waals surface area (Å²) in [6, 6.07) is -0.696. The smallest absolute Gasteiger partial charge is 0.306 e. The van der Waals surface area contributed by atoms with Crippen LogP contribution < -0.4 is 5.32 Å². The maximum Gasteiger partial charge on any atom is 0.306 e. The molecule has 0 bridgehead atoms. The second-order valence-corrected chi connectivity index (χ2v) is 20.1. The maximum absolute atomic E-state index is 13.2. The Labute approximate surface area is 399 Å². The molecule has 0 aromatic heterocycles. The third-order valence-corrected chi connectivity index (χ3v) is 13.6. The number of aliphatic hydroxyl groups is 2. The number of esters is 1. The van der Waals surface area contributed by atoms with E-state index in [9.17, 15) is 19.8 Å². The first-order valence-corrected chi connectivity index (χ1v) is 28.9. The molecule has 0 aromatic rings. The zero-order chi connectivity index (χ0) is 46.7. The number of carbonyl (C=O) groups excluding carboxylic acids is 2. The molecular formula is C58H113NO5. The zero-order valence-corrected chi connectivity index (χ0v) is 43.4. The number of rotatable bonds is 53. The van der Waals surface area contributed by atoms with E-state index in [-0.39, 0.29) is 24.9 Å². The van der Waals surface area contributed by atoms with Gasteiger partial charge in [-0.05, 0) is 51.4 Å². The van der Waals surface area contributed by atoms with Crippen molar-refractivity contribution in [1.29, 1.82) is 0 Å². The minimum atomic E-state index is -0.783. The number of hydrogen-bond donors (Lipinski definition) is 3. The van der Waals surface area contributed by atoms with Crippen LogP contribution in [0.4, 0.5) is 0 Å². The van der Waals surface area contributed by atoms with Gasteiger partial charge in [-0.2, -0.15) is 0 Å². The highest BCUT2D eigenvalue weighted by Gasteiger charge is 2.24. The van der Waals surface area contributed by atoms with Crippen molar-refractivity contribution in [1.82, 2.24) is 5.32 Å². The molecule has 1 amide bonds. The molecule has 0 aliphatic carbocycles. The Morgan fingerprint density at radius 1 is 0.438 bits per heavy atom. The van der Waals surface area contributed by atoms with Crippen LogP contribution in [-0.2, 0) is 14.3 Å². The minimum absolute atomic E-state index is 0.0821. The molecule has 0 saturated carbocycles. The van der Waals surface area contributed by atoms with Crippen LogP contribution in [-0.4, -0.2) is 46.9 Å². The SMILES string of the molecule is CCCCCCCCCCC/C=C/CCCCCCCC(=O)OC(CCCCCCCCCCCCCCCCCCC)CC(=O)NC(CO)C(O)CCCCCCCCCCCC. The highest BCUT2D eigenvalue weighted by atomic mass is 16.5. The lowest BCUT2D eigenvalue weighted by molar-refractivity contribution is -0.151. The lowest BCUT2D eigenvalue weighted by atomic mass is 10.0. The summed E-state index contributed by atoms with van der Waals surface area (Å²) in [5.74, 6) is -0.461. The molecule has 3 N–H and O–H groups in total. The van der Waals surface area contributed by atoms with E-state index >= 15 is 0 Å². The second-order valence-electron chi connectivity index (χ2n) is 20.1. The van der Waals surface area contributed by atoms with E-state index in [1.54, 1.807) is 0 Å². The predicted octanol–water partition coefficient (Wildman–Crippen LogP) is 17.7. The number of aliphatic hydroxyl groups excluding tert-OH is 2. The van der Waals surface area contributed by atoms with Gasteiger partial charge in [0.1, 0.15) is 6.10 Å². The predicted molar refractivity (Wildman–Crippen MR) is 278 cm³/mol. The quantitative estimate of drug-likeness (QED) is 0.0321. The van der Waals surface area contributed by atoms with Crippen molar-refractivity contribution >= 4 is 11.9 Å². The normalized spacial score (nSPS) is 13.1. The molecule has 6 nitrogen and oxygen atoms in total. The summed E-state index contributed by atoms with van der Waals surface area (Å²) in [6.07, 6.45) is 60.0. The van der Waals surface area contributed by atoms with Gasteiger partial charge in [-0.15, -0.1) is 0 Å². The third-order valence-electron chi connectivity index (χ3n) is 13.6. The van der Waals surface area contributed by atoms with Crippen molar-refractivity contribution in [3.63, 3.8) is 0 Å². The van der Waals surface area contributed by atoms with E-state index in [1.165, 1.54) is 225 Å². The molecule has 0 aromatic carbocycles. The molecule has 0 fully saturated rings. The third kappa shape index (κ3) is 47.1. The van der Waals surface area contributed by atoms with Crippen LogP contribution in [0.3, 0.4) is 0 Å². The molecule has 0 aliphatic rings. The van der Waals surface area contributed by atoms with Gasteiger partial charge in [0.2, 0.25) is 5.91 Å². The Bertz CT molecular complexity index is 970. The van der Waals surface area contributed by atoms with E-state index in [4.69, 9.17) is 4.74 Å². The highest BCUT2D eigenvalue weighted by molar-refractivity contribution is 5.77. The number of ether oxygens (including phenoxy) is 1. The number of hydrogen-bond acceptors (Lipinski definition) is 5. The summed E-state index contributed by atoms with van der Waals surface area (Å²) in [6.45, 7) is 6.51. The van der Waals surface area contributed by atoms with Crippen molar-refractivity contribution in [2.45, 2.75) is 341 Å². The fourth-order valence-corrected chi connectivity index (χ4v) is 9.19. The molecule has 0 spiro atoms. The summed E-state index contributed by atoms with van der Waals surface area (Å²) in [5, 5.41) is 23.8. The van der Waals surface area contributed by atoms with E-state index in [2.05, 4.69) is 38.2 Å². The van der Waals surface area contributed by atoms with Gasteiger partial charge in [0, 0.05) is 6.42 Å². The average Bonchev–Trinajstić information content (AvgIpc) is 3.29. The van der Waals surface area contributed by atoms with E-state index in [0.29, 0.717) is 19.3 Å². The van der Waals surface area contributed by atoms with E-state index in [0.717, 1.165) is 51.4 Å². The number of nitrogens with one attached hydrogen (secondary N) is 1. The molecule has 0 saturated heterocycles. The topological polar surface area (TPSA) is 95.9 Å². The van der Waals surface area contributed by atoms with Crippen molar-refractivity contribution in [2.24, 2.45) is 0 Å². The Balaban J connectivity index is 4.50. The molecule has 380 valence electrons. The molecule has 3 atom stereocenters. The van der Waals surface area contributed by atoms with Crippen LogP contribution in [0.25, 0.3) is 0 Å². The summed E-state index contributed by atoms with van der Waals surface area (Å²) in [4.78, 5) is 26.2. The molecule has 3 unspecified atom stereocenters. The summed E-state index contributed by atoms with van der Waals surface area (Å²) >= 11 is 0. The first-order valence-electron chi connectivity index (χ1n) is 28.9. The molecule has 6 heteroatoms. The summed E-state index contributed by atoms with van der Waals surface area (Å²) in [5.41, 5.74) is 0. The van der Waals surface area contributed by atoms with Gasteiger partial charge < -0.3 is 20.3 Å². The standard InChI is InChI=1S/C58H113NO5/c1-4-7-10-13-16-19-22-24-26-28-30-32-34-36-39-42-45-48-51-58(63)64-54(49-46-43-40-37-35-33-31-29-27-25-23-20-17-14-11-8-5-2)52-57(62)59-55(53-60)56(61)50-47-44-41-38-21-18-15-12-9-6-3/h30,32,54-56,60-61H,4-29,31,33-53H2,1-3H3,(H,59,62)/b32-30+. The van der Waals surface area contributed by atoms with Gasteiger partial charge in [0.05, 0.1) is 25.2 Å². The van der Waals surface area contributed by atoms with Crippen molar-refractivity contribution < 1.29 is 24.5 Å². The van der Waals surface area contributed by atoms with Crippen molar-refractivity contribution in [3.05, 3.63) is 12.2 Å². The van der Waals surface area contributed by atoms with Gasteiger partial charge in [0.15, 0.2) is 0 Å². The molecular weight excluding hydrogens is 791 g/mol. The van der Waals surface area contributed by atoms with Gasteiger partial charge in [-0.25, -0.2) is 0 Å². The van der Waals surface area contributed by atoms with Gasteiger partial charge in [-0.3, -0.25) is 9.59 Å². The lowest BCUT2D eigenvalue weighted by Gasteiger charge is -2.24. The zero-order valence-electron chi connectivity index (χ0n) is 43.4.